The summed E-state index contributed by atoms with van der Waals surface area (Å²) >= 11 is 0. The molecule has 0 saturated carbocycles. The molecule has 1 heterocycles. The molecule has 1 atom stereocenters. The number of para-hydroxylation sites is 2. The molecule has 4 rings (SSSR count). The van der Waals surface area contributed by atoms with Gasteiger partial charge in [0.2, 0.25) is 15.8 Å². The van der Waals surface area contributed by atoms with Gasteiger partial charge in [0.25, 0.3) is 5.85 Å². The van der Waals surface area contributed by atoms with Crippen LogP contribution in [0.25, 0.3) is 0 Å². The molecule has 0 radical (unpaired) electrons. The predicted octanol–water partition coefficient (Wildman–Crippen LogP) is 3.81. The number of benzene rings is 3. The topological polar surface area (TPSA) is 107 Å². The van der Waals surface area contributed by atoms with Crippen molar-refractivity contribution in [3.63, 3.8) is 0 Å². The van der Waals surface area contributed by atoms with Crippen molar-refractivity contribution < 1.29 is 27.4 Å². The molecule has 0 bridgehead atoms. The van der Waals surface area contributed by atoms with E-state index in [2.05, 4.69) is 15.4 Å². The molecule has 1 aliphatic rings. The summed E-state index contributed by atoms with van der Waals surface area (Å²) in [5, 5.41) is 6.77. The maximum absolute atomic E-state index is 11.8. The van der Waals surface area contributed by atoms with Crippen molar-refractivity contribution in [2.24, 2.45) is 0 Å². The first-order valence-corrected chi connectivity index (χ1v) is 11.9. The van der Waals surface area contributed by atoms with Gasteiger partial charge in [-0.15, -0.1) is 0 Å². The van der Waals surface area contributed by atoms with Gasteiger partial charge in [-0.05, 0) is 24.3 Å². The van der Waals surface area contributed by atoms with E-state index in [4.69, 9.17) is 18.9 Å². The number of rotatable bonds is 8. The van der Waals surface area contributed by atoms with Gasteiger partial charge in [-0.3, -0.25) is 4.72 Å². The summed E-state index contributed by atoms with van der Waals surface area (Å²) in [4.78, 5) is 0. The molecular weight excluding hydrogens is 446 g/mol. The Morgan fingerprint density at radius 2 is 1.58 bits per heavy atom. The number of sulfonamides is 1. The molecular formula is C23H25N3O6S. The first-order valence-electron chi connectivity index (χ1n) is 9.99. The third kappa shape index (κ3) is 4.56. The van der Waals surface area contributed by atoms with Crippen LogP contribution in [-0.4, -0.2) is 36.0 Å². The van der Waals surface area contributed by atoms with Crippen LogP contribution in [-0.2, 0) is 15.9 Å². The smallest absolute Gasteiger partial charge is 0.287 e. The van der Waals surface area contributed by atoms with Gasteiger partial charge in [0.1, 0.15) is 5.75 Å². The quantitative estimate of drug-likeness (QED) is 0.455. The maximum Gasteiger partial charge on any atom is 0.287 e. The second-order valence-corrected chi connectivity index (χ2v) is 9.15. The van der Waals surface area contributed by atoms with E-state index in [9.17, 15) is 8.42 Å². The lowest BCUT2D eigenvalue weighted by Gasteiger charge is -2.32. The Balaban J connectivity index is 1.81. The van der Waals surface area contributed by atoms with E-state index < -0.39 is 15.9 Å². The first kappa shape index (κ1) is 22.4. The van der Waals surface area contributed by atoms with E-state index in [0.717, 1.165) is 11.9 Å². The summed E-state index contributed by atoms with van der Waals surface area (Å²) < 4.78 is 48.8. The van der Waals surface area contributed by atoms with Crippen LogP contribution in [0.15, 0.2) is 60.7 Å². The summed E-state index contributed by atoms with van der Waals surface area (Å²) in [6.07, 6.45) is 1.10. The van der Waals surface area contributed by atoms with Gasteiger partial charge < -0.3 is 29.6 Å². The van der Waals surface area contributed by atoms with Crippen LogP contribution < -0.4 is 34.3 Å². The van der Waals surface area contributed by atoms with Crippen LogP contribution in [0.5, 0.6) is 23.0 Å². The van der Waals surface area contributed by atoms with Gasteiger partial charge in [-0.1, -0.05) is 24.3 Å². The highest BCUT2D eigenvalue weighted by molar-refractivity contribution is 7.92. The fourth-order valence-electron chi connectivity index (χ4n) is 3.67. The van der Waals surface area contributed by atoms with Gasteiger partial charge in [-0.25, -0.2) is 8.42 Å². The SMILES string of the molecule is COc1cc(NC2(c3cccc(NS(C)(=O)=O)c3)Nc3ccccc3O2)cc(OC)c1OC. The summed E-state index contributed by atoms with van der Waals surface area (Å²) in [6.45, 7) is 0. The average Bonchev–Trinajstić information content (AvgIpc) is 3.16. The number of nitrogens with one attached hydrogen (secondary N) is 3. The van der Waals surface area contributed by atoms with Crippen molar-refractivity contribution in [3.05, 3.63) is 66.2 Å². The number of anilines is 3. The number of hydrogen-bond acceptors (Lipinski definition) is 8. The highest BCUT2D eigenvalue weighted by atomic mass is 32.2. The van der Waals surface area contributed by atoms with Crippen molar-refractivity contribution in [3.8, 4) is 23.0 Å². The molecule has 174 valence electrons. The van der Waals surface area contributed by atoms with E-state index in [1.165, 1.54) is 21.3 Å². The van der Waals surface area contributed by atoms with Gasteiger partial charge in [-0.2, -0.15) is 0 Å². The molecule has 0 saturated heterocycles. The zero-order chi connectivity index (χ0) is 23.6. The second-order valence-electron chi connectivity index (χ2n) is 7.40. The largest absolute Gasteiger partial charge is 0.493 e. The minimum Gasteiger partial charge on any atom is -0.493 e. The molecule has 1 aliphatic heterocycles. The third-order valence-electron chi connectivity index (χ3n) is 5.02. The second kappa shape index (κ2) is 8.62. The Labute approximate surface area is 192 Å². The molecule has 0 fully saturated rings. The lowest BCUT2D eigenvalue weighted by molar-refractivity contribution is 0.150. The number of methoxy groups -OCH3 is 3. The van der Waals surface area contributed by atoms with E-state index >= 15 is 0 Å². The Bertz CT molecular complexity index is 1230. The van der Waals surface area contributed by atoms with E-state index in [0.29, 0.717) is 39.9 Å². The highest BCUT2D eigenvalue weighted by Gasteiger charge is 2.41. The van der Waals surface area contributed by atoms with Gasteiger partial charge >= 0.3 is 0 Å². The van der Waals surface area contributed by atoms with Crippen molar-refractivity contribution >= 4 is 27.1 Å². The number of fused-ring (bicyclic) bond motifs is 1. The van der Waals surface area contributed by atoms with Crippen LogP contribution in [0.2, 0.25) is 0 Å². The van der Waals surface area contributed by atoms with Crippen LogP contribution in [0.3, 0.4) is 0 Å². The lowest BCUT2D eigenvalue weighted by atomic mass is 10.1. The van der Waals surface area contributed by atoms with Crippen LogP contribution in [0.4, 0.5) is 17.1 Å². The van der Waals surface area contributed by atoms with Gasteiger partial charge in [0, 0.05) is 29.1 Å². The molecule has 1 unspecified atom stereocenters. The lowest BCUT2D eigenvalue weighted by Crippen LogP contribution is -2.45. The molecule has 0 aromatic heterocycles. The summed E-state index contributed by atoms with van der Waals surface area (Å²) in [6, 6.07) is 18.0. The summed E-state index contributed by atoms with van der Waals surface area (Å²) in [7, 11) is 1.16. The summed E-state index contributed by atoms with van der Waals surface area (Å²) in [5.74, 6) is 0.792. The monoisotopic (exact) mass is 471 g/mol. The van der Waals surface area contributed by atoms with Crippen LogP contribution in [0, 0.1) is 0 Å². The Hall–Kier alpha value is -3.79. The average molecular weight is 472 g/mol. The van der Waals surface area contributed by atoms with Crippen molar-refractivity contribution in [1.29, 1.82) is 0 Å². The zero-order valence-corrected chi connectivity index (χ0v) is 19.4. The fraction of sp³-hybridized carbons (Fsp3) is 0.217. The Morgan fingerprint density at radius 1 is 0.879 bits per heavy atom. The first-order chi connectivity index (χ1) is 15.8. The molecule has 0 amide bonds. The Kier molecular flexibility index (Phi) is 5.86. The highest BCUT2D eigenvalue weighted by Crippen LogP contribution is 2.45. The fourth-order valence-corrected chi connectivity index (χ4v) is 4.23. The molecule has 33 heavy (non-hydrogen) atoms. The van der Waals surface area contributed by atoms with E-state index in [1.54, 1.807) is 30.3 Å². The molecule has 10 heteroatoms. The molecule has 3 aromatic carbocycles. The number of hydrogen-bond donors (Lipinski definition) is 3. The van der Waals surface area contributed by atoms with Crippen molar-refractivity contribution in [2.45, 2.75) is 5.85 Å². The van der Waals surface area contributed by atoms with Gasteiger partial charge in [0.15, 0.2) is 11.5 Å². The van der Waals surface area contributed by atoms with Crippen molar-refractivity contribution in [2.75, 3.05) is 42.9 Å². The maximum atomic E-state index is 11.8. The molecule has 3 aromatic rings. The van der Waals surface area contributed by atoms with E-state index in [1.807, 2.05) is 30.3 Å². The Morgan fingerprint density at radius 3 is 2.18 bits per heavy atom. The molecule has 0 spiro atoms. The van der Waals surface area contributed by atoms with Crippen LogP contribution in [0.1, 0.15) is 5.56 Å². The molecule has 3 N–H and O–H groups in total. The predicted molar refractivity (Wildman–Crippen MR) is 127 cm³/mol. The van der Waals surface area contributed by atoms with Gasteiger partial charge in [0.05, 0.1) is 33.3 Å². The molecule has 9 nitrogen and oxygen atoms in total. The van der Waals surface area contributed by atoms with Crippen LogP contribution >= 0.6 is 0 Å². The summed E-state index contributed by atoms with van der Waals surface area (Å²) in [5.41, 5.74) is 2.44. The zero-order valence-electron chi connectivity index (χ0n) is 18.6. The van der Waals surface area contributed by atoms with Crippen molar-refractivity contribution in [1.82, 2.24) is 0 Å². The normalized spacial score (nSPS) is 16.7. The minimum absolute atomic E-state index is 0.405. The standard InChI is InChI=1S/C23H25N3O6S/c1-29-20-13-17(14-21(30-2)22(20)31-3)24-23(25-18-10-5-6-11-19(18)32-23)15-8-7-9-16(12-15)26-33(4,27)28/h5-14,24-26H,1-4H3. The number of ether oxygens (including phenoxy) is 4. The third-order valence-corrected chi connectivity index (χ3v) is 5.62. The minimum atomic E-state index is -3.45. The van der Waals surface area contributed by atoms with E-state index in [-0.39, 0.29) is 0 Å². The molecule has 0 aliphatic carbocycles.